The first kappa shape index (κ1) is 21.1. The molecule has 0 amide bonds. The van der Waals surface area contributed by atoms with Gasteiger partial charge in [0.15, 0.2) is 11.5 Å². The normalized spacial score (nSPS) is 12.5. The van der Waals surface area contributed by atoms with Gasteiger partial charge in [0.2, 0.25) is 10.0 Å². The van der Waals surface area contributed by atoms with Crippen LogP contribution in [0.2, 0.25) is 0 Å². The second kappa shape index (κ2) is 8.63. The van der Waals surface area contributed by atoms with Gasteiger partial charge in [-0.2, -0.15) is 0 Å². The monoisotopic (exact) mass is 393 g/mol. The van der Waals surface area contributed by atoms with Crippen molar-refractivity contribution >= 4 is 10.0 Å². The van der Waals surface area contributed by atoms with E-state index in [2.05, 4.69) is 4.72 Å². The standard InChI is InChI=1S/C20H27NO5S/c1-7-16(15-8-9-17(24-4)19(12-15)26-6)21-27(22,23)20-11-13(2)18(25-5)10-14(20)3/h8-12,16,21H,7H2,1-6H3/t16-/m1/s1. The number of aryl methyl sites for hydroxylation is 2. The molecule has 27 heavy (non-hydrogen) atoms. The fraction of sp³-hybridized carbons (Fsp3) is 0.400. The summed E-state index contributed by atoms with van der Waals surface area (Å²) < 4.78 is 44.7. The third-order valence-corrected chi connectivity index (χ3v) is 6.11. The van der Waals surface area contributed by atoms with Crippen molar-refractivity contribution in [2.75, 3.05) is 21.3 Å². The Morgan fingerprint density at radius 2 is 1.52 bits per heavy atom. The lowest BCUT2D eigenvalue weighted by Gasteiger charge is -2.20. The Bertz CT molecular complexity index is 909. The summed E-state index contributed by atoms with van der Waals surface area (Å²) >= 11 is 0. The van der Waals surface area contributed by atoms with Crippen LogP contribution in [0.4, 0.5) is 0 Å². The molecule has 0 heterocycles. The Kier molecular flexibility index (Phi) is 6.73. The van der Waals surface area contributed by atoms with Gasteiger partial charge in [0.1, 0.15) is 5.75 Å². The molecule has 0 unspecified atom stereocenters. The van der Waals surface area contributed by atoms with Gasteiger partial charge in [-0.15, -0.1) is 0 Å². The first-order valence-corrected chi connectivity index (χ1v) is 10.1. The first-order valence-electron chi connectivity index (χ1n) is 8.66. The zero-order valence-electron chi connectivity index (χ0n) is 16.6. The van der Waals surface area contributed by atoms with Crippen molar-refractivity contribution in [3.8, 4) is 17.2 Å². The maximum Gasteiger partial charge on any atom is 0.241 e. The Balaban J connectivity index is 2.39. The van der Waals surface area contributed by atoms with E-state index in [1.54, 1.807) is 52.5 Å². The third-order valence-electron chi connectivity index (χ3n) is 4.50. The minimum absolute atomic E-state index is 0.250. The molecule has 0 aliphatic carbocycles. The summed E-state index contributed by atoms with van der Waals surface area (Å²) in [5.41, 5.74) is 2.20. The predicted octanol–water partition coefficient (Wildman–Crippen LogP) is 3.76. The lowest BCUT2D eigenvalue weighted by atomic mass is 10.1. The lowest BCUT2D eigenvalue weighted by Crippen LogP contribution is -2.29. The number of rotatable bonds is 8. The topological polar surface area (TPSA) is 73.9 Å². The van der Waals surface area contributed by atoms with E-state index < -0.39 is 16.1 Å². The highest BCUT2D eigenvalue weighted by Crippen LogP contribution is 2.32. The van der Waals surface area contributed by atoms with Crippen molar-refractivity contribution < 1.29 is 22.6 Å². The molecule has 0 fully saturated rings. The zero-order valence-corrected chi connectivity index (χ0v) is 17.4. The van der Waals surface area contributed by atoms with Crippen LogP contribution in [0.3, 0.4) is 0 Å². The SMILES string of the molecule is CC[C@@H](NS(=O)(=O)c1cc(C)c(OC)cc1C)c1ccc(OC)c(OC)c1. The van der Waals surface area contributed by atoms with E-state index in [4.69, 9.17) is 14.2 Å². The van der Waals surface area contributed by atoms with Crippen LogP contribution in [0.15, 0.2) is 35.2 Å². The maximum atomic E-state index is 13.0. The summed E-state index contributed by atoms with van der Waals surface area (Å²) in [6, 6.07) is 8.38. The smallest absolute Gasteiger partial charge is 0.241 e. The van der Waals surface area contributed by atoms with E-state index >= 15 is 0 Å². The number of methoxy groups -OCH3 is 3. The molecule has 0 spiro atoms. The number of hydrogen-bond acceptors (Lipinski definition) is 5. The second-order valence-electron chi connectivity index (χ2n) is 6.28. The molecule has 7 heteroatoms. The van der Waals surface area contributed by atoms with Gasteiger partial charge in [-0.25, -0.2) is 13.1 Å². The fourth-order valence-corrected chi connectivity index (χ4v) is 4.60. The zero-order chi connectivity index (χ0) is 20.2. The molecule has 2 aromatic rings. The van der Waals surface area contributed by atoms with Gasteiger partial charge >= 0.3 is 0 Å². The van der Waals surface area contributed by atoms with Crippen LogP contribution in [0.5, 0.6) is 17.2 Å². The van der Waals surface area contributed by atoms with Crippen molar-refractivity contribution in [1.82, 2.24) is 4.72 Å². The van der Waals surface area contributed by atoms with Crippen molar-refractivity contribution in [3.05, 3.63) is 47.0 Å². The van der Waals surface area contributed by atoms with E-state index in [0.29, 0.717) is 29.2 Å². The molecule has 0 radical (unpaired) electrons. The third kappa shape index (κ3) is 4.54. The summed E-state index contributed by atoms with van der Waals surface area (Å²) in [4.78, 5) is 0.250. The highest BCUT2D eigenvalue weighted by molar-refractivity contribution is 7.89. The van der Waals surface area contributed by atoms with Gasteiger partial charge in [0.25, 0.3) is 0 Å². The van der Waals surface area contributed by atoms with Gasteiger partial charge < -0.3 is 14.2 Å². The molecule has 0 aromatic heterocycles. The summed E-state index contributed by atoms with van der Waals surface area (Å²) in [5, 5.41) is 0. The van der Waals surface area contributed by atoms with E-state index in [-0.39, 0.29) is 4.90 Å². The predicted molar refractivity (Wildman–Crippen MR) is 105 cm³/mol. The highest BCUT2D eigenvalue weighted by Gasteiger charge is 2.24. The number of ether oxygens (including phenoxy) is 3. The maximum absolute atomic E-state index is 13.0. The van der Waals surface area contributed by atoms with Gasteiger partial charge in [-0.05, 0) is 61.2 Å². The second-order valence-corrected chi connectivity index (χ2v) is 7.97. The van der Waals surface area contributed by atoms with Crippen molar-refractivity contribution in [2.24, 2.45) is 0 Å². The molecule has 6 nitrogen and oxygen atoms in total. The highest BCUT2D eigenvalue weighted by atomic mass is 32.2. The minimum Gasteiger partial charge on any atom is -0.496 e. The molecule has 2 aromatic carbocycles. The van der Waals surface area contributed by atoms with Crippen LogP contribution >= 0.6 is 0 Å². The van der Waals surface area contributed by atoms with Crippen LogP contribution in [-0.4, -0.2) is 29.7 Å². The van der Waals surface area contributed by atoms with E-state index in [1.165, 1.54) is 0 Å². The molecule has 0 saturated heterocycles. The van der Waals surface area contributed by atoms with Crippen molar-refractivity contribution in [1.29, 1.82) is 0 Å². The Labute approximate surface area is 161 Å². The Hall–Kier alpha value is -2.25. The molecule has 2 rings (SSSR count). The summed E-state index contributed by atoms with van der Waals surface area (Å²) in [5.74, 6) is 1.82. The average Bonchev–Trinajstić information content (AvgIpc) is 2.66. The first-order chi connectivity index (χ1) is 12.8. The van der Waals surface area contributed by atoms with E-state index in [1.807, 2.05) is 19.9 Å². The van der Waals surface area contributed by atoms with E-state index in [0.717, 1.165) is 11.1 Å². The average molecular weight is 394 g/mol. The van der Waals surface area contributed by atoms with Crippen LogP contribution in [0.1, 0.15) is 36.1 Å². The largest absolute Gasteiger partial charge is 0.496 e. The van der Waals surface area contributed by atoms with E-state index in [9.17, 15) is 8.42 Å². The molecular formula is C20H27NO5S. The van der Waals surface area contributed by atoms with Crippen LogP contribution < -0.4 is 18.9 Å². The van der Waals surface area contributed by atoms with Gasteiger partial charge in [0, 0.05) is 6.04 Å². The van der Waals surface area contributed by atoms with Crippen LogP contribution in [0, 0.1) is 13.8 Å². The molecule has 148 valence electrons. The Morgan fingerprint density at radius 3 is 2.07 bits per heavy atom. The molecule has 0 aliphatic heterocycles. The molecular weight excluding hydrogens is 366 g/mol. The lowest BCUT2D eigenvalue weighted by molar-refractivity contribution is 0.354. The van der Waals surface area contributed by atoms with Crippen LogP contribution in [0.25, 0.3) is 0 Å². The summed E-state index contributed by atoms with van der Waals surface area (Å²) in [6.07, 6.45) is 0.586. The number of nitrogens with one attached hydrogen (secondary N) is 1. The van der Waals surface area contributed by atoms with Gasteiger partial charge in [-0.1, -0.05) is 13.0 Å². The fourth-order valence-electron chi connectivity index (χ4n) is 2.98. The molecule has 0 bridgehead atoms. The van der Waals surface area contributed by atoms with Crippen molar-refractivity contribution in [3.63, 3.8) is 0 Å². The number of sulfonamides is 1. The molecule has 0 saturated carbocycles. The van der Waals surface area contributed by atoms with Crippen molar-refractivity contribution in [2.45, 2.75) is 38.1 Å². The molecule has 0 aliphatic rings. The van der Waals surface area contributed by atoms with Gasteiger partial charge in [-0.3, -0.25) is 0 Å². The van der Waals surface area contributed by atoms with Crippen LogP contribution in [-0.2, 0) is 10.0 Å². The molecule has 1 atom stereocenters. The minimum atomic E-state index is -3.71. The Morgan fingerprint density at radius 1 is 0.889 bits per heavy atom. The summed E-state index contributed by atoms with van der Waals surface area (Å²) in [6.45, 7) is 5.51. The van der Waals surface area contributed by atoms with Gasteiger partial charge in [0.05, 0.1) is 26.2 Å². The molecule has 1 N–H and O–H groups in total. The number of hydrogen-bond donors (Lipinski definition) is 1. The quantitative estimate of drug-likeness (QED) is 0.739. The summed E-state index contributed by atoms with van der Waals surface area (Å²) in [7, 11) is 0.971. The number of benzene rings is 2.